The Bertz CT molecular complexity index is 146. The van der Waals surface area contributed by atoms with Gasteiger partial charge >= 0.3 is 0 Å². The maximum absolute atomic E-state index is 5.83. The van der Waals surface area contributed by atoms with Gasteiger partial charge in [-0.15, -0.1) is 0 Å². The molecule has 1 unspecified atom stereocenters. The van der Waals surface area contributed by atoms with Gasteiger partial charge in [-0.3, -0.25) is 0 Å². The molecule has 0 aliphatic carbocycles. The lowest BCUT2D eigenvalue weighted by molar-refractivity contribution is -0.0639. The van der Waals surface area contributed by atoms with Gasteiger partial charge in [0.2, 0.25) is 0 Å². The molecule has 0 aromatic heterocycles. The van der Waals surface area contributed by atoms with Crippen LogP contribution in [-0.2, 0) is 14.2 Å². The van der Waals surface area contributed by atoms with Gasteiger partial charge in [-0.1, -0.05) is 6.92 Å². The van der Waals surface area contributed by atoms with E-state index >= 15 is 0 Å². The molecule has 0 radical (unpaired) electrons. The Morgan fingerprint density at radius 2 is 1.73 bits per heavy atom. The average molecular weight is 218 g/mol. The van der Waals surface area contributed by atoms with Crippen molar-refractivity contribution in [3.8, 4) is 0 Å². The normalized spacial score (nSPS) is 14.2. The molecule has 1 atom stereocenters. The summed E-state index contributed by atoms with van der Waals surface area (Å²) in [5.74, 6) is 0.334. The third-order valence-corrected chi connectivity index (χ3v) is 2.52. The Kier molecular flexibility index (Phi) is 8.02. The molecule has 0 saturated heterocycles. The van der Waals surface area contributed by atoms with Gasteiger partial charge in [-0.05, 0) is 27.2 Å². The second-order valence-corrected chi connectivity index (χ2v) is 4.41. The lowest BCUT2D eigenvalue weighted by atomic mass is 10.1. The van der Waals surface area contributed by atoms with Crippen molar-refractivity contribution in [3.63, 3.8) is 0 Å². The number of rotatable bonds is 9. The topological polar surface area (TPSA) is 27.7 Å². The Morgan fingerprint density at radius 1 is 1.07 bits per heavy atom. The van der Waals surface area contributed by atoms with Crippen molar-refractivity contribution in [3.05, 3.63) is 0 Å². The SMILES string of the molecule is CCOCC(COC)COC(C)(C)CC. The minimum atomic E-state index is -0.0434. The molecule has 0 fully saturated rings. The van der Waals surface area contributed by atoms with E-state index in [1.165, 1.54) is 0 Å². The molecule has 92 valence electrons. The summed E-state index contributed by atoms with van der Waals surface area (Å²) < 4.78 is 16.4. The van der Waals surface area contributed by atoms with Crippen LogP contribution >= 0.6 is 0 Å². The third-order valence-electron chi connectivity index (χ3n) is 2.52. The van der Waals surface area contributed by atoms with Crippen molar-refractivity contribution >= 4 is 0 Å². The second kappa shape index (κ2) is 8.08. The van der Waals surface area contributed by atoms with E-state index < -0.39 is 0 Å². The fourth-order valence-corrected chi connectivity index (χ4v) is 1.11. The molecular formula is C12H26O3. The first-order valence-electron chi connectivity index (χ1n) is 5.76. The van der Waals surface area contributed by atoms with Gasteiger partial charge in [0, 0.05) is 19.6 Å². The highest BCUT2D eigenvalue weighted by Crippen LogP contribution is 2.15. The Labute approximate surface area is 94.1 Å². The van der Waals surface area contributed by atoms with Crippen molar-refractivity contribution in [2.75, 3.05) is 33.5 Å². The van der Waals surface area contributed by atoms with Gasteiger partial charge in [0.1, 0.15) is 0 Å². The van der Waals surface area contributed by atoms with Gasteiger partial charge < -0.3 is 14.2 Å². The van der Waals surface area contributed by atoms with Crippen LogP contribution in [0.4, 0.5) is 0 Å². The molecule has 3 heteroatoms. The smallest absolute Gasteiger partial charge is 0.0624 e. The predicted octanol–water partition coefficient (Wildman–Crippen LogP) is 2.49. The van der Waals surface area contributed by atoms with Crippen LogP contribution in [0.1, 0.15) is 34.1 Å². The molecule has 0 aromatic rings. The van der Waals surface area contributed by atoms with Crippen LogP contribution < -0.4 is 0 Å². The summed E-state index contributed by atoms with van der Waals surface area (Å²) in [5, 5.41) is 0. The first-order chi connectivity index (χ1) is 7.05. The molecule has 0 bridgehead atoms. The highest BCUT2D eigenvalue weighted by molar-refractivity contribution is 4.67. The molecule has 0 aliphatic rings. The molecule has 0 heterocycles. The van der Waals surface area contributed by atoms with Crippen molar-refractivity contribution in [2.24, 2.45) is 5.92 Å². The quantitative estimate of drug-likeness (QED) is 0.595. The van der Waals surface area contributed by atoms with E-state index in [-0.39, 0.29) is 5.60 Å². The Morgan fingerprint density at radius 3 is 2.20 bits per heavy atom. The number of methoxy groups -OCH3 is 1. The summed E-state index contributed by atoms with van der Waals surface area (Å²) in [6, 6.07) is 0. The van der Waals surface area contributed by atoms with E-state index in [2.05, 4.69) is 20.8 Å². The van der Waals surface area contributed by atoms with Crippen LogP contribution in [-0.4, -0.2) is 39.1 Å². The van der Waals surface area contributed by atoms with E-state index in [4.69, 9.17) is 14.2 Å². The minimum Gasteiger partial charge on any atom is -0.384 e. The van der Waals surface area contributed by atoms with Crippen molar-refractivity contribution in [1.29, 1.82) is 0 Å². The minimum absolute atomic E-state index is 0.0434. The van der Waals surface area contributed by atoms with Gasteiger partial charge in [0.25, 0.3) is 0 Å². The van der Waals surface area contributed by atoms with E-state index in [0.29, 0.717) is 25.7 Å². The monoisotopic (exact) mass is 218 g/mol. The van der Waals surface area contributed by atoms with Crippen LogP contribution in [0.2, 0.25) is 0 Å². The lowest BCUT2D eigenvalue weighted by Crippen LogP contribution is -2.30. The average Bonchev–Trinajstić information content (AvgIpc) is 2.22. The van der Waals surface area contributed by atoms with Crippen molar-refractivity contribution in [1.82, 2.24) is 0 Å². The maximum atomic E-state index is 5.83. The Hall–Kier alpha value is -0.120. The summed E-state index contributed by atoms with van der Waals surface area (Å²) in [6.45, 7) is 11.2. The molecule has 0 aromatic carbocycles. The largest absolute Gasteiger partial charge is 0.384 e. The van der Waals surface area contributed by atoms with Crippen LogP contribution in [0.15, 0.2) is 0 Å². The highest BCUT2D eigenvalue weighted by atomic mass is 16.5. The Balaban J connectivity index is 3.83. The fraction of sp³-hybridized carbons (Fsp3) is 1.00. The zero-order valence-corrected chi connectivity index (χ0v) is 10.8. The predicted molar refractivity (Wildman–Crippen MR) is 62.2 cm³/mol. The molecule has 0 rings (SSSR count). The summed E-state index contributed by atoms with van der Waals surface area (Å²) in [6.07, 6.45) is 1.02. The molecule has 0 aliphatic heterocycles. The lowest BCUT2D eigenvalue weighted by Gasteiger charge is -2.26. The molecule has 0 amide bonds. The summed E-state index contributed by atoms with van der Waals surface area (Å²) in [4.78, 5) is 0. The van der Waals surface area contributed by atoms with E-state index in [1.54, 1.807) is 7.11 Å². The molecule has 3 nitrogen and oxygen atoms in total. The molecular weight excluding hydrogens is 192 g/mol. The first kappa shape index (κ1) is 14.9. The van der Waals surface area contributed by atoms with E-state index in [9.17, 15) is 0 Å². The first-order valence-corrected chi connectivity index (χ1v) is 5.76. The van der Waals surface area contributed by atoms with Gasteiger partial charge in [0.05, 0.1) is 25.4 Å². The van der Waals surface area contributed by atoms with Crippen LogP contribution in [0, 0.1) is 5.92 Å². The van der Waals surface area contributed by atoms with Gasteiger partial charge in [0.15, 0.2) is 0 Å². The van der Waals surface area contributed by atoms with Gasteiger partial charge in [-0.25, -0.2) is 0 Å². The summed E-state index contributed by atoms with van der Waals surface area (Å²) in [7, 11) is 1.71. The molecule has 0 N–H and O–H groups in total. The van der Waals surface area contributed by atoms with Gasteiger partial charge in [-0.2, -0.15) is 0 Å². The standard InChI is InChI=1S/C12H26O3/c1-6-12(3,4)15-10-11(8-13-5)9-14-7-2/h11H,6-10H2,1-5H3. The van der Waals surface area contributed by atoms with Crippen LogP contribution in [0.5, 0.6) is 0 Å². The fourth-order valence-electron chi connectivity index (χ4n) is 1.11. The number of hydrogen-bond donors (Lipinski definition) is 0. The maximum Gasteiger partial charge on any atom is 0.0624 e. The molecule has 0 saturated carbocycles. The van der Waals surface area contributed by atoms with Crippen LogP contribution in [0.25, 0.3) is 0 Å². The van der Waals surface area contributed by atoms with Crippen molar-refractivity contribution in [2.45, 2.75) is 39.7 Å². The number of ether oxygens (including phenoxy) is 3. The summed E-state index contributed by atoms with van der Waals surface area (Å²) >= 11 is 0. The second-order valence-electron chi connectivity index (χ2n) is 4.41. The third kappa shape index (κ3) is 7.77. The highest BCUT2D eigenvalue weighted by Gasteiger charge is 2.18. The number of hydrogen-bond acceptors (Lipinski definition) is 3. The van der Waals surface area contributed by atoms with Crippen LogP contribution in [0.3, 0.4) is 0 Å². The van der Waals surface area contributed by atoms with E-state index in [1.807, 2.05) is 6.92 Å². The molecule has 15 heavy (non-hydrogen) atoms. The van der Waals surface area contributed by atoms with Crippen molar-refractivity contribution < 1.29 is 14.2 Å². The molecule has 0 spiro atoms. The summed E-state index contributed by atoms with van der Waals surface area (Å²) in [5.41, 5.74) is -0.0434. The van der Waals surface area contributed by atoms with E-state index in [0.717, 1.165) is 13.0 Å². The zero-order chi connectivity index (χ0) is 11.7. The zero-order valence-electron chi connectivity index (χ0n) is 10.8.